The van der Waals surface area contributed by atoms with E-state index in [-0.39, 0.29) is 12.7 Å². The summed E-state index contributed by atoms with van der Waals surface area (Å²) in [6.07, 6.45) is 1.48. The Balaban J connectivity index is 1.40. The number of rotatable bonds is 5. The summed E-state index contributed by atoms with van der Waals surface area (Å²) >= 11 is 1.33. The Kier molecular flexibility index (Phi) is 5.03. The van der Waals surface area contributed by atoms with Crippen LogP contribution in [-0.4, -0.2) is 24.9 Å². The van der Waals surface area contributed by atoms with Gasteiger partial charge in [-0.25, -0.2) is 10.2 Å². The van der Waals surface area contributed by atoms with E-state index in [0.717, 1.165) is 0 Å². The zero-order chi connectivity index (χ0) is 19.3. The first-order chi connectivity index (χ1) is 13.7. The monoisotopic (exact) mass is 394 g/mol. The number of ether oxygens (including phenoxy) is 3. The van der Waals surface area contributed by atoms with Crippen molar-refractivity contribution in [1.29, 1.82) is 0 Å². The Labute approximate surface area is 164 Å². The van der Waals surface area contributed by atoms with Gasteiger partial charge in [0.2, 0.25) is 6.79 Å². The van der Waals surface area contributed by atoms with Gasteiger partial charge in [0.1, 0.15) is 5.75 Å². The molecule has 4 rings (SSSR count). The molecule has 0 saturated heterocycles. The van der Waals surface area contributed by atoms with Gasteiger partial charge in [-0.2, -0.15) is 5.10 Å². The fourth-order valence-corrected chi connectivity index (χ4v) is 3.09. The third-order valence-electron chi connectivity index (χ3n) is 3.80. The van der Waals surface area contributed by atoms with Gasteiger partial charge in [0.25, 0.3) is 5.91 Å². The predicted octanol–water partition coefficient (Wildman–Crippen LogP) is 3.46. The fraction of sp³-hybridized carbons (Fsp3) is 0.0500. The molecule has 0 saturated carbocycles. The molecule has 1 aliphatic heterocycles. The third-order valence-corrected chi connectivity index (χ3v) is 4.67. The van der Waals surface area contributed by atoms with Crippen LogP contribution in [0.3, 0.4) is 0 Å². The van der Waals surface area contributed by atoms with E-state index in [1.807, 2.05) is 5.38 Å². The lowest BCUT2D eigenvalue weighted by molar-refractivity contribution is 0.0734. The van der Waals surface area contributed by atoms with Crippen molar-refractivity contribution < 1.29 is 23.8 Å². The molecule has 0 atom stereocenters. The Hall–Kier alpha value is -3.65. The zero-order valence-electron chi connectivity index (χ0n) is 14.5. The van der Waals surface area contributed by atoms with Crippen molar-refractivity contribution in [2.75, 3.05) is 6.79 Å². The Bertz CT molecular complexity index is 1050. The molecule has 0 spiro atoms. The average molecular weight is 394 g/mol. The van der Waals surface area contributed by atoms with E-state index >= 15 is 0 Å². The molecule has 140 valence electrons. The quantitative estimate of drug-likeness (QED) is 0.310. The first kappa shape index (κ1) is 17.7. The van der Waals surface area contributed by atoms with Crippen LogP contribution in [0.25, 0.3) is 0 Å². The minimum absolute atomic E-state index is 0.137. The van der Waals surface area contributed by atoms with Gasteiger partial charge in [-0.3, -0.25) is 4.79 Å². The standard InChI is InChI=1S/C20H14N2O5S/c23-19(18-5-2-8-28-18)22-21-11-13-3-1-4-15(9-13)27-20(24)14-6-7-16-17(10-14)26-12-25-16/h1-11H,12H2,(H,22,23)/b21-11-. The summed E-state index contributed by atoms with van der Waals surface area (Å²) in [6, 6.07) is 15.2. The molecule has 1 N–H and O–H groups in total. The van der Waals surface area contributed by atoms with Crippen molar-refractivity contribution in [3.8, 4) is 17.2 Å². The number of amides is 1. The summed E-state index contributed by atoms with van der Waals surface area (Å²) in [4.78, 5) is 24.8. The highest BCUT2D eigenvalue weighted by molar-refractivity contribution is 7.12. The number of nitrogens with one attached hydrogen (secondary N) is 1. The average Bonchev–Trinajstić information content (AvgIpc) is 3.39. The van der Waals surface area contributed by atoms with Gasteiger partial charge in [0.05, 0.1) is 16.7 Å². The van der Waals surface area contributed by atoms with Gasteiger partial charge in [-0.1, -0.05) is 18.2 Å². The van der Waals surface area contributed by atoms with Gasteiger partial charge in [-0.15, -0.1) is 11.3 Å². The van der Waals surface area contributed by atoms with Gasteiger partial charge >= 0.3 is 5.97 Å². The second-order valence-electron chi connectivity index (χ2n) is 5.71. The SMILES string of the molecule is O=C(Oc1cccc(/C=N\NC(=O)c2cccs2)c1)c1ccc2c(c1)OCO2. The van der Waals surface area contributed by atoms with E-state index in [1.165, 1.54) is 17.6 Å². The summed E-state index contributed by atoms with van der Waals surface area (Å²) in [5, 5.41) is 5.74. The molecule has 1 aromatic heterocycles. The highest BCUT2D eigenvalue weighted by Gasteiger charge is 2.17. The van der Waals surface area contributed by atoms with Crippen LogP contribution in [0.4, 0.5) is 0 Å². The van der Waals surface area contributed by atoms with Crippen LogP contribution in [0.5, 0.6) is 17.2 Å². The second kappa shape index (κ2) is 7.93. The van der Waals surface area contributed by atoms with Crippen LogP contribution in [0, 0.1) is 0 Å². The molecule has 28 heavy (non-hydrogen) atoms. The maximum atomic E-state index is 12.4. The molecule has 1 aliphatic rings. The number of benzene rings is 2. The molecule has 0 radical (unpaired) electrons. The lowest BCUT2D eigenvalue weighted by Crippen LogP contribution is -2.16. The van der Waals surface area contributed by atoms with Crippen LogP contribution < -0.4 is 19.6 Å². The van der Waals surface area contributed by atoms with Gasteiger partial charge in [0, 0.05) is 0 Å². The van der Waals surface area contributed by atoms with Crippen molar-refractivity contribution in [3.05, 3.63) is 76.0 Å². The molecular weight excluding hydrogens is 380 g/mol. The molecule has 2 heterocycles. The van der Waals surface area contributed by atoms with E-state index < -0.39 is 5.97 Å². The maximum absolute atomic E-state index is 12.4. The number of thiophene rings is 1. The largest absolute Gasteiger partial charge is 0.454 e. The lowest BCUT2D eigenvalue weighted by Gasteiger charge is -2.06. The normalized spacial score (nSPS) is 12.1. The summed E-state index contributed by atoms with van der Waals surface area (Å²) in [5.74, 6) is 0.669. The molecule has 2 aromatic carbocycles. The first-order valence-electron chi connectivity index (χ1n) is 8.28. The van der Waals surface area contributed by atoms with Crippen LogP contribution in [0.2, 0.25) is 0 Å². The highest BCUT2D eigenvalue weighted by atomic mass is 32.1. The highest BCUT2D eigenvalue weighted by Crippen LogP contribution is 2.32. The molecule has 7 nitrogen and oxygen atoms in total. The Morgan fingerprint density at radius 2 is 1.96 bits per heavy atom. The van der Waals surface area contributed by atoms with Crippen molar-refractivity contribution in [2.45, 2.75) is 0 Å². The van der Waals surface area contributed by atoms with E-state index in [9.17, 15) is 9.59 Å². The number of hydrogen-bond acceptors (Lipinski definition) is 7. The Morgan fingerprint density at radius 3 is 2.82 bits per heavy atom. The molecule has 3 aromatic rings. The number of hydrazone groups is 1. The second-order valence-corrected chi connectivity index (χ2v) is 6.65. The smallest absolute Gasteiger partial charge is 0.343 e. The summed E-state index contributed by atoms with van der Waals surface area (Å²) in [7, 11) is 0. The molecule has 8 heteroatoms. The summed E-state index contributed by atoms with van der Waals surface area (Å²) in [5.41, 5.74) is 3.47. The van der Waals surface area contributed by atoms with Crippen molar-refractivity contribution in [2.24, 2.45) is 5.10 Å². The number of hydrogen-bond donors (Lipinski definition) is 1. The van der Waals surface area contributed by atoms with Crippen LogP contribution in [0.1, 0.15) is 25.6 Å². The van der Waals surface area contributed by atoms with E-state index in [1.54, 1.807) is 54.6 Å². The topological polar surface area (TPSA) is 86.2 Å². The third kappa shape index (κ3) is 4.02. The van der Waals surface area contributed by atoms with Crippen molar-refractivity contribution in [1.82, 2.24) is 5.43 Å². The minimum atomic E-state index is -0.515. The molecule has 0 bridgehead atoms. The number of nitrogens with zero attached hydrogens (tertiary/aromatic N) is 1. The minimum Gasteiger partial charge on any atom is -0.454 e. The predicted molar refractivity (Wildman–Crippen MR) is 103 cm³/mol. The molecule has 0 unspecified atom stereocenters. The maximum Gasteiger partial charge on any atom is 0.343 e. The number of carbonyl (C=O) groups excluding carboxylic acids is 2. The van der Waals surface area contributed by atoms with Gasteiger partial charge in [0.15, 0.2) is 11.5 Å². The van der Waals surface area contributed by atoms with Gasteiger partial charge < -0.3 is 14.2 Å². The van der Waals surface area contributed by atoms with Gasteiger partial charge in [-0.05, 0) is 47.3 Å². The number of carbonyl (C=O) groups is 2. The lowest BCUT2D eigenvalue weighted by atomic mass is 10.2. The molecule has 0 aliphatic carbocycles. The number of fused-ring (bicyclic) bond motifs is 1. The molecular formula is C20H14N2O5S. The van der Waals surface area contributed by atoms with Crippen LogP contribution in [-0.2, 0) is 0 Å². The van der Waals surface area contributed by atoms with Crippen LogP contribution >= 0.6 is 11.3 Å². The fourth-order valence-electron chi connectivity index (χ4n) is 2.48. The zero-order valence-corrected chi connectivity index (χ0v) is 15.3. The summed E-state index contributed by atoms with van der Waals surface area (Å²) < 4.78 is 15.9. The molecule has 0 fully saturated rings. The number of esters is 1. The first-order valence-corrected chi connectivity index (χ1v) is 9.16. The van der Waals surface area contributed by atoms with E-state index in [4.69, 9.17) is 14.2 Å². The van der Waals surface area contributed by atoms with Crippen molar-refractivity contribution in [3.63, 3.8) is 0 Å². The Morgan fingerprint density at radius 1 is 1.07 bits per heavy atom. The summed E-state index contributed by atoms with van der Waals surface area (Å²) in [6.45, 7) is 0.137. The molecule has 1 amide bonds. The van der Waals surface area contributed by atoms with E-state index in [2.05, 4.69) is 10.5 Å². The van der Waals surface area contributed by atoms with E-state index in [0.29, 0.717) is 33.3 Å². The van der Waals surface area contributed by atoms with Crippen LogP contribution in [0.15, 0.2) is 65.1 Å². The van der Waals surface area contributed by atoms with Crippen molar-refractivity contribution >= 4 is 29.4 Å².